The van der Waals surface area contributed by atoms with Crippen LogP contribution >= 0.6 is 28.1 Å². The zero-order valence-corrected chi connectivity index (χ0v) is 8.87. The van der Waals surface area contributed by atoms with E-state index >= 15 is 0 Å². The number of aromatic nitrogens is 2. The average molecular weight is 243 g/mol. The fraction of sp³-hybridized carbons (Fsp3) is 0.125. The van der Waals surface area contributed by atoms with Crippen LogP contribution in [-0.4, -0.2) is 9.55 Å². The summed E-state index contributed by atoms with van der Waals surface area (Å²) in [5, 5.41) is 0. The first-order valence-corrected chi connectivity index (χ1v) is 4.73. The fourth-order valence-electron chi connectivity index (χ4n) is 1.21. The van der Waals surface area contributed by atoms with Gasteiger partial charge in [-0.05, 0) is 30.4 Å². The van der Waals surface area contributed by atoms with Gasteiger partial charge in [0.25, 0.3) is 0 Å². The molecule has 0 fully saturated rings. The minimum Gasteiger partial charge on any atom is -0.331 e. The van der Waals surface area contributed by atoms with Crippen LogP contribution in [0.2, 0.25) is 0 Å². The maximum atomic E-state index is 5.09. The quantitative estimate of drug-likeness (QED) is 0.705. The highest BCUT2D eigenvalue weighted by Gasteiger charge is 1.99. The third-order valence-corrected chi connectivity index (χ3v) is 2.74. The van der Waals surface area contributed by atoms with Crippen molar-refractivity contribution in [3.05, 3.63) is 27.4 Å². The summed E-state index contributed by atoms with van der Waals surface area (Å²) in [5.41, 5.74) is 2.19. The van der Waals surface area contributed by atoms with Gasteiger partial charge in [0.1, 0.15) is 0 Å². The van der Waals surface area contributed by atoms with Gasteiger partial charge in [0, 0.05) is 11.5 Å². The molecule has 0 saturated heterocycles. The molecule has 0 unspecified atom stereocenters. The molecule has 0 saturated carbocycles. The average Bonchev–Trinajstić information content (AvgIpc) is 2.28. The highest BCUT2D eigenvalue weighted by atomic mass is 79.9. The molecule has 12 heavy (non-hydrogen) atoms. The SMILES string of the molecule is Cn1c(=S)[nH]c2cc(Br)ccc21. The molecule has 0 aliphatic carbocycles. The van der Waals surface area contributed by atoms with Gasteiger partial charge < -0.3 is 9.55 Å². The van der Waals surface area contributed by atoms with Crippen LogP contribution < -0.4 is 0 Å². The molecule has 0 bridgehead atoms. The monoisotopic (exact) mass is 242 g/mol. The van der Waals surface area contributed by atoms with Crippen LogP contribution in [-0.2, 0) is 7.05 Å². The Hall–Kier alpha value is -0.610. The molecule has 0 aliphatic rings. The van der Waals surface area contributed by atoms with Crippen molar-refractivity contribution in [2.24, 2.45) is 7.05 Å². The third kappa shape index (κ3) is 1.11. The minimum absolute atomic E-state index is 0.753. The van der Waals surface area contributed by atoms with Crippen molar-refractivity contribution < 1.29 is 0 Å². The molecule has 0 aliphatic heterocycles. The maximum absolute atomic E-state index is 5.09. The molecule has 0 amide bonds. The first-order chi connectivity index (χ1) is 5.68. The number of aromatic amines is 1. The summed E-state index contributed by atoms with van der Waals surface area (Å²) in [6, 6.07) is 6.06. The van der Waals surface area contributed by atoms with E-state index in [0.717, 1.165) is 20.3 Å². The molecule has 1 aromatic heterocycles. The summed E-state index contributed by atoms with van der Waals surface area (Å²) < 4.78 is 3.77. The largest absolute Gasteiger partial charge is 0.331 e. The van der Waals surface area contributed by atoms with Gasteiger partial charge in [-0.15, -0.1) is 0 Å². The van der Waals surface area contributed by atoms with Crippen molar-refractivity contribution >= 4 is 39.2 Å². The molecule has 2 nitrogen and oxygen atoms in total. The second-order valence-electron chi connectivity index (χ2n) is 2.65. The predicted octanol–water partition coefficient (Wildman–Crippen LogP) is 3.00. The Morgan fingerprint density at radius 2 is 2.25 bits per heavy atom. The molecule has 1 heterocycles. The molecular weight excluding hydrogens is 236 g/mol. The van der Waals surface area contributed by atoms with E-state index < -0.39 is 0 Å². The van der Waals surface area contributed by atoms with Gasteiger partial charge in [-0.2, -0.15) is 0 Å². The zero-order chi connectivity index (χ0) is 8.72. The predicted molar refractivity (Wildman–Crippen MR) is 55.8 cm³/mol. The van der Waals surface area contributed by atoms with E-state index in [4.69, 9.17) is 12.2 Å². The lowest BCUT2D eigenvalue weighted by atomic mass is 10.3. The van der Waals surface area contributed by atoms with E-state index in [1.807, 2.05) is 29.8 Å². The number of imidazole rings is 1. The third-order valence-electron chi connectivity index (χ3n) is 1.87. The van der Waals surface area contributed by atoms with Crippen LogP contribution in [0.1, 0.15) is 0 Å². The second-order valence-corrected chi connectivity index (χ2v) is 3.95. The van der Waals surface area contributed by atoms with E-state index in [0.29, 0.717) is 0 Å². The number of halogens is 1. The number of rotatable bonds is 0. The number of H-pyrrole nitrogens is 1. The number of benzene rings is 1. The number of nitrogens with one attached hydrogen (secondary N) is 1. The highest BCUT2D eigenvalue weighted by Crippen LogP contribution is 2.18. The van der Waals surface area contributed by atoms with Crippen LogP contribution in [0.25, 0.3) is 11.0 Å². The Morgan fingerprint density at radius 1 is 1.50 bits per heavy atom. The molecule has 1 N–H and O–H groups in total. The second kappa shape index (κ2) is 2.71. The molecule has 0 radical (unpaired) electrons. The van der Waals surface area contributed by atoms with Gasteiger partial charge >= 0.3 is 0 Å². The van der Waals surface area contributed by atoms with Gasteiger partial charge in [0.05, 0.1) is 11.0 Å². The van der Waals surface area contributed by atoms with Crippen LogP contribution in [0.5, 0.6) is 0 Å². The summed E-state index contributed by atoms with van der Waals surface area (Å²) in [7, 11) is 1.95. The summed E-state index contributed by atoms with van der Waals surface area (Å²) in [4.78, 5) is 3.12. The van der Waals surface area contributed by atoms with Gasteiger partial charge in [-0.3, -0.25) is 0 Å². The Kier molecular flexibility index (Phi) is 1.81. The van der Waals surface area contributed by atoms with Crippen molar-refractivity contribution in [2.75, 3.05) is 0 Å². The number of hydrogen-bond donors (Lipinski definition) is 1. The summed E-state index contributed by atoms with van der Waals surface area (Å²) >= 11 is 8.49. The number of aryl methyl sites for hydroxylation is 1. The van der Waals surface area contributed by atoms with E-state index in [-0.39, 0.29) is 0 Å². The molecule has 1 aromatic carbocycles. The maximum Gasteiger partial charge on any atom is 0.177 e. The molecule has 2 rings (SSSR count). The van der Waals surface area contributed by atoms with E-state index in [9.17, 15) is 0 Å². The van der Waals surface area contributed by atoms with Gasteiger partial charge in [-0.25, -0.2) is 0 Å². The first-order valence-electron chi connectivity index (χ1n) is 3.53. The van der Waals surface area contributed by atoms with Gasteiger partial charge in [-0.1, -0.05) is 15.9 Å². The smallest absolute Gasteiger partial charge is 0.177 e. The molecule has 0 atom stereocenters. The Labute approximate surface area is 83.3 Å². The Balaban J connectivity index is 2.96. The van der Waals surface area contributed by atoms with Crippen LogP contribution in [0.15, 0.2) is 22.7 Å². The van der Waals surface area contributed by atoms with Crippen molar-refractivity contribution in [3.63, 3.8) is 0 Å². The molecule has 4 heteroatoms. The van der Waals surface area contributed by atoms with Crippen molar-refractivity contribution in [3.8, 4) is 0 Å². The van der Waals surface area contributed by atoms with Crippen molar-refractivity contribution in [1.29, 1.82) is 0 Å². The Bertz CT molecular complexity index is 483. The topological polar surface area (TPSA) is 20.7 Å². The molecule has 0 spiro atoms. The standard InChI is InChI=1S/C8H7BrN2S/c1-11-7-3-2-5(9)4-6(7)10-8(11)12/h2-4H,1H3,(H,10,12). The highest BCUT2D eigenvalue weighted by molar-refractivity contribution is 9.10. The molecular formula is C8H7BrN2S. The van der Waals surface area contributed by atoms with Crippen LogP contribution in [0, 0.1) is 4.77 Å². The lowest BCUT2D eigenvalue weighted by Crippen LogP contribution is -1.85. The van der Waals surface area contributed by atoms with Gasteiger partial charge in [0.15, 0.2) is 4.77 Å². The summed E-state index contributed by atoms with van der Waals surface area (Å²) in [6.45, 7) is 0. The van der Waals surface area contributed by atoms with Crippen molar-refractivity contribution in [2.45, 2.75) is 0 Å². The van der Waals surface area contributed by atoms with E-state index in [2.05, 4.69) is 20.9 Å². The minimum atomic E-state index is 0.753. The van der Waals surface area contributed by atoms with Gasteiger partial charge in [0.2, 0.25) is 0 Å². The fourth-order valence-corrected chi connectivity index (χ4v) is 1.78. The Morgan fingerprint density at radius 3 is 3.00 bits per heavy atom. The zero-order valence-electron chi connectivity index (χ0n) is 6.47. The van der Waals surface area contributed by atoms with E-state index in [1.165, 1.54) is 0 Å². The summed E-state index contributed by atoms with van der Waals surface area (Å²) in [6.07, 6.45) is 0. The normalized spacial score (nSPS) is 10.8. The number of nitrogens with zero attached hydrogens (tertiary/aromatic N) is 1. The van der Waals surface area contributed by atoms with Crippen molar-refractivity contribution in [1.82, 2.24) is 9.55 Å². The number of hydrogen-bond acceptors (Lipinski definition) is 1. The first kappa shape index (κ1) is 8.01. The molecule has 2 aromatic rings. The van der Waals surface area contributed by atoms with Crippen LogP contribution in [0.3, 0.4) is 0 Å². The summed E-state index contributed by atoms with van der Waals surface area (Å²) in [5.74, 6) is 0. The van der Waals surface area contributed by atoms with Crippen LogP contribution in [0.4, 0.5) is 0 Å². The van der Waals surface area contributed by atoms with E-state index in [1.54, 1.807) is 0 Å². The lowest BCUT2D eigenvalue weighted by molar-refractivity contribution is 0.927. The lowest BCUT2D eigenvalue weighted by Gasteiger charge is -1.93. The number of fused-ring (bicyclic) bond motifs is 1. The molecule has 62 valence electrons.